The van der Waals surface area contributed by atoms with Crippen LogP contribution in [0.4, 0.5) is 0 Å². The second-order valence-electron chi connectivity index (χ2n) is 2.56. The summed E-state index contributed by atoms with van der Waals surface area (Å²) in [6.07, 6.45) is 0.478. The molecule has 0 aliphatic carbocycles. The maximum Gasteiger partial charge on any atom is 1.00 e. The predicted octanol–water partition coefficient (Wildman–Crippen LogP) is 0.969. The van der Waals surface area contributed by atoms with Gasteiger partial charge in [-0.05, 0) is 18.6 Å². The van der Waals surface area contributed by atoms with Crippen LogP contribution in [0.25, 0.3) is 0 Å². The average Bonchev–Trinajstić information content (AvgIpc) is 2.04. The van der Waals surface area contributed by atoms with Gasteiger partial charge in [-0.25, -0.2) is 0 Å². The molecule has 1 aromatic carbocycles. The van der Waals surface area contributed by atoms with Gasteiger partial charge in [0.2, 0.25) is 0 Å². The van der Waals surface area contributed by atoms with Crippen LogP contribution in [-0.4, -0.2) is 11.1 Å². The Morgan fingerprint density at radius 1 is 1.57 bits per heavy atom. The van der Waals surface area contributed by atoms with Crippen molar-refractivity contribution in [2.45, 2.75) is 13.3 Å². The summed E-state index contributed by atoms with van der Waals surface area (Å²) >= 11 is 5.73. The van der Waals surface area contributed by atoms with E-state index in [0.717, 1.165) is 0 Å². The van der Waals surface area contributed by atoms with Crippen molar-refractivity contribution in [1.82, 2.24) is 0 Å². The molecule has 0 spiro atoms. The largest absolute Gasteiger partial charge is 1.00 e. The van der Waals surface area contributed by atoms with E-state index in [0.29, 0.717) is 17.0 Å². The van der Waals surface area contributed by atoms with Gasteiger partial charge in [0.15, 0.2) is 0 Å². The van der Waals surface area contributed by atoms with Crippen LogP contribution in [0.5, 0.6) is 5.75 Å². The molecule has 73 valence electrons. The quantitative estimate of drug-likeness (QED) is 0.883. The van der Waals surface area contributed by atoms with Crippen molar-refractivity contribution in [1.29, 1.82) is 0 Å². The number of hydrogen-bond acceptors (Lipinski definition) is 3. The fourth-order valence-corrected chi connectivity index (χ4v) is 1.40. The van der Waals surface area contributed by atoms with Crippen LogP contribution in [0.1, 0.15) is 22.8 Å². The van der Waals surface area contributed by atoms with Crippen molar-refractivity contribution in [3.8, 4) is 5.75 Å². The average molecular weight is 291 g/mol. The van der Waals surface area contributed by atoms with Crippen molar-refractivity contribution in [3.63, 3.8) is 0 Å². The molecule has 14 heavy (non-hydrogen) atoms. The Kier molecular flexibility index (Phi) is 5.39. The smallest absolute Gasteiger partial charge is 0.545 e. The van der Waals surface area contributed by atoms with Gasteiger partial charge in [-0.1, -0.05) is 18.5 Å². The normalized spacial score (nSPS) is 9.29. The molecule has 0 atom stereocenters. The Bertz CT molecular complexity index is 352. The van der Waals surface area contributed by atoms with Crippen molar-refractivity contribution >= 4 is 17.6 Å². The molecule has 0 aliphatic rings. The SMILES string of the molecule is CCc1c(Cl)ccc(C(=O)[O-])c1O.[Zr+]. The molecular formula is C9H8ClO3Zr. The molecule has 0 amide bonds. The van der Waals surface area contributed by atoms with E-state index in [1.807, 2.05) is 0 Å². The van der Waals surface area contributed by atoms with E-state index in [2.05, 4.69) is 0 Å². The van der Waals surface area contributed by atoms with E-state index >= 15 is 0 Å². The van der Waals surface area contributed by atoms with Crippen molar-refractivity contribution in [3.05, 3.63) is 28.3 Å². The van der Waals surface area contributed by atoms with E-state index < -0.39 is 5.97 Å². The minimum absolute atomic E-state index is 0. The van der Waals surface area contributed by atoms with Crippen LogP contribution in [0.15, 0.2) is 12.1 Å². The molecule has 1 aromatic rings. The summed E-state index contributed by atoms with van der Waals surface area (Å²) in [5, 5.41) is 20.3. The van der Waals surface area contributed by atoms with Gasteiger partial charge < -0.3 is 15.0 Å². The summed E-state index contributed by atoms with van der Waals surface area (Å²) < 4.78 is 0. The molecule has 0 saturated carbocycles. The third-order valence-corrected chi connectivity index (χ3v) is 2.15. The van der Waals surface area contributed by atoms with Crippen molar-refractivity contribution < 1.29 is 41.2 Å². The number of hydrogen-bond donors (Lipinski definition) is 1. The van der Waals surface area contributed by atoms with E-state index in [-0.39, 0.29) is 37.5 Å². The van der Waals surface area contributed by atoms with Gasteiger partial charge in [-0.3, -0.25) is 0 Å². The molecule has 1 rings (SSSR count). The Morgan fingerprint density at radius 3 is 2.57 bits per heavy atom. The summed E-state index contributed by atoms with van der Waals surface area (Å²) in [6, 6.07) is 2.66. The first-order valence-corrected chi connectivity index (χ1v) is 4.17. The van der Waals surface area contributed by atoms with Crippen LogP contribution in [0.2, 0.25) is 5.02 Å². The van der Waals surface area contributed by atoms with E-state index in [9.17, 15) is 15.0 Å². The minimum atomic E-state index is -1.40. The fourth-order valence-electron chi connectivity index (χ4n) is 1.11. The number of rotatable bonds is 2. The number of carboxylic acid groups (broad SMARTS) is 1. The predicted molar refractivity (Wildman–Crippen MR) is 46.8 cm³/mol. The van der Waals surface area contributed by atoms with E-state index in [1.165, 1.54) is 12.1 Å². The Hall–Kier alpha value is -0.337. The second-order valence-corrected chi connectivity index (χ2v) is 2.97. The topological polar surface area (TPSA) is 60.4 Å². The first-order valence-electron chi connectivity index (χ1n) is 3.79. The molecule has 0 aromatic heterocycles. The van der Waals surface area contributed by atoms with Crippen LogP contribution in [0.3, 0.4) is 0 Å². The number of aromatic carboxylic acids is 1. The van der Waals surface area contributed by atoms with Crippen LogP contribution in [0, 0.1) is 0 Å². The van der Waals surface area contributed by atoms with Gasteiger partial charge >= 0.3 is 26.2 Å². The summed E-state index contributed by atoms with van der Waals surface area (Å²) in [5.41, 5.74) is 0.213. The molecule has 0 fully saturated rings. The second kappa shape index (κ2) is 5.52. The van der Waals surface area contributed by atoms with Crippen LogP contribution < -0.4 is 5.11 Å². The third kappa shape index (κ3) is 2.58. The Labute approximate surface area is 106 Å². The zero-order valence-electron chi connectivity index (χ0n) is 7.50. The number of benzene rings is 1. The molecule has 0 unspecified atom stereocenters. The standard InChI is InChI=1S/C9H9ClO3.Zr/c1-2-5-7(10)4-3-6(8(5)11)9(12)13;/h3-4,11H,2H2,1H3,(H,12,13);/q;+1/p-1. The van der Waals surface area contributed by atoms with Crippen LogP contribution >= 0.6 is 11.6 Å². The number of aromatic hydroxyl groups is 1. The molecule has 3 nitrogen and oxygen atoms in total. The zero-order valence-corrected chi connectivity index (χ0v) is 10.7. The van der Waals surface area contributed by atoms with Gasteiger partial charge in [0, 0.05) is 16.1 Å². The first-order chi connectivity index (χ1) is 6.07. The Balaban J connectivity index is 0.00000169. The number of halogens is 1. The maximum absolute atomic E-state index is 10.5. The molecule has 1 N–H and O–H groups in total. The molecule has 0 aliphatic heterocycles. The van der Waals surface area contributed by atoms with E-state index in [4.69, 9.17) is 11.6 Å². The molecule has 0 bridgehead atoms. The van der Waals surface area contributed by atoms with Gasteiger partial charge in [0.1, 0.15) is 5.75 Å². The minimum Gasteiger partial charge on any atom is -0.545 e. The van der Waals surface area contributed by atoms with E-state index in [1.54, 1.807) is 6.92 Å². The molecule has 5 heteroatoms. The third-order valence-electron chi connectivity index (χ3n) is 1.80. The van der Waals surface area contributed by atoms with Gasteiger partial charge in [0.05, 0.1) is 5.97 Å². The number of carbonyl (C=O) groups is 1. The molecular weight excluding hydrogens is 283 g/mol. The fraction of sp³-hybridized carbons (Fsp3) is 0.222. The van der Waals surface area contributed by atoms with Gasteiger partial charge in [-0.2, -0.15) is 0 Å². The number of carbonyl (C=O) groups excluding carboxylic acids is 1. The summed E-state index contributed by atoms with van der Waals surface area (Å²) in [4.78, 5) is 10.5. The maximum atomic E-state index is 10.5. The Morgan fingerprint density at radius 2 is 2.14 bits per heavy atom. The number of phenols is 1. The van der Waals surface area contributed by atoms with Crippen molar-refractivity contribution in [2.24, 2.45) is 0 Å². The molecule has 0 heterocycles. The zero-order chi connectivity index (χ0) is 10.0. The summed E-state index contributed by atoms with van der Waals surface area (Å²) in [5.74, 6) is -1.70. The van der Waals surface area contributed by atoms with Gasteiger partial charge in [0.25, 0.3) is 0 Å². The van der Waals surface area contributed by atoms with Crippen molar-refractivity contribution in [2.75, 3.05) is 0 Å². The summed E-state index contributed by atoms with van der Waals surface area (Å²) in [6.45, 7) is 1.78. The monoisotopic (exact) mass is 289 g/mol. The summed E-state index contributed by atoms with van der Waals surface area (Å²) in [7, 11) is 0. The number of carboxylic acids is 1. The molecule has 1 radical (unpaired) electrons. The van der Waals surface area contributed by atoms with Crippen LogP contribution in [-0.2, 0) is 32.6 Å². The molecule has 0 saturated heterocycles. The first kappa shape index (κ1) is 13.7. The van der Waals surface area contributed by atoms with Gasteiger partial charge in [-0.15, -0.1) is 0 Å².